The van der Waals surface area contributed by atoms with Crippen LogP contribution in [0.3, 0.4) is 0 Å². The van der Waals surface area contributed by atoms with Gasteiger partial charge in [-0.2, -0.15) is 9.78 Å². The third-order valence-corrected chi connectivity index (χ3v) is 4.18. The maximum atomic E-state index is 13.0. The van der Waals surface area contributed by atoms with E-state index in [0.29, 0.717) is 11.1 Å². The molecule has 0 radical (unpaired) electrons. The third kappa shape index (κ3) is 4.00. The van der Waals surface area contributed by atoms with Gasteiger partial charge in [0.1, 0.15) is 11.5 Å². The predicted molar refractivity (Wildman–Crippen MR) is 107 cm³/mol. The van der Waals surface area contributed by atoms with E-state index in [1.165, 1.54) is 54.7 Å². The lowest BCUT2D eigenvalue weighted by Gasteiger charge is -2.05. The third-order valence-electron chi connectivity index (χ3n) is 4.18. The summed E-state index contributed by atoms with van der Waals surface area (Å²) in [6.45, 7) is 0. The molecular weight excluding hydrogens is 425 g/mol. The lowest BCUT2D eigenvalue weighted by Crippen LogP contribution is -2.19. The second-order valence-electron chi connectivity index (χ2n) is 6.23. The zero-order valence-electron chi connectivity index (χ0n) is 15.9. The Morgan fingerprint density at radius 3 is 2.53 bits per heavy atom. The van der Waals surface area contributed by atoms with Crippen LogP contribution >= 0.6 is 0 Å². The molecule has 0 aliphatic carbocycles. The fraction of sp³-hybridized carbons (Fsp3) is 0. The van der Waals surface area contributed by atoms with Crippen molar-refractivity contribution in [2.75, 3.05) is 5.73 Å². The number of rotatable bonds is 6. The van der Waals surface area contributed by atoms with Crippen LogP contribution in [-0.2, 0) is 0 Å². The highest BCUT2D eigenvalue weighted by Crippen LogP contribution is 2.28. The van der Waals surface area contributed by atoms with E-state index >= 15 is 0 Å². The van der Waals surface area contributed by atoms with E-state index in [4.69, 9.17) is 5.73 Å². The summed E-state index contributed by atoms with van der Waals surface area (Å²) in [5, 5.41) is 29.6. The van der Waals surface area contributed by atoms with E-state index in [9.17, 15) is 19.3 Å². The van der Waals surface area contributed by atoms with Crippen LogP contribution in [0.25, 0.3) is 17.1 Å². The van der Waals surface area contributed by atoms with Crippen molar-refractivity contribution in [1.82, 2.24) is 30.7 Å². The highest BCUT2D eigenvalue weighted by atomic mass is 19.1. The van der Waals surface area contributed by atoms with Gasteiger partial charge in [0.15, 0.2) is 5.69 Å². The fourth-order valence-electron chi connectivity index (χ4n) is 2.69. The number of halogens is 1. The van der Waals surface area contributed by atoms with Gasteiger partial charge in [-0.1, -0.05) is 17.3 Å². The number of nitrogen functional groups attached to an aromatic ring is 1. The van der Waals surface area contributed by atoms with Crippen molar-refractivity contribution in [3.8, 4) is 17.1 Å². The van der Waals surface area contributed by atoms with Crippen molar-refractivity contribution < 1.29 is 18.7 Å². The lowest BCUT2D eigenvalue weighted by molar-refractivity contribution is -0.384. The molecule has 13 nitrogen and oxygen atoms in total. The van der Waals surface area contributed by atoms with Crippen molar-refractivity contribution >= 4 is 23.6 Å². The summed E-state index contributed by atoms with van der Waals surface area (Å²) in [4.78, 5) is 23.1. The molecule has 0 aliphatic rings. The van der Waals surface area contributed by atoms with Gasteiger partial charge in [0.05, 0.1) is 11.1 Å². The quantitative estimate of drug-likeness (QED) is 0.258. The number of carbonyl (C=O) groups is 1. The molecule has 4 rings (SSSR count). The number of nitrogens with two attached hydrogens (primary N) is 1. The topological polar surface area (TPSA) is 180 Å². The number of anilines is 1. The minimum Gasteiger partial charge on any atom is -0.378 e. The molecule has 160 valence electrons. The molecule has 2 aromatic heterocycles. The lowest BCUT2D eigenvalue weighted by atomic mass is 10.1. The molecule has 2 aromatic carbocycles. The van der Waals surface area contributed by atoms with Gasteiger partial charge >= 0.3 is 0 Å². The molecule has 0 bridgehead atoms. The minimum atomic E-state index is -0.738. The van der Waals surface area contributed by atoms with Crippen molar-refractivity contribution in [3.05, 3.63) is 75.7 Å². The van der Waals surface area contributed by atoms with Gasteiger partial charge in [0, 0.05) is 17.7 Å². The van der Waals surface area contributed by atoms with Gasteiger partial charge in [-0.15, -0.1) is 5.10 Å². The molecule has 14 heteroatoms. The summed E-state index contributed by atoms with van der Waals surface area (Å²) in [5.41, 5.74) is 8.74. The van der Waals surface area contributed by atoms with Crippen LogP contribution in [0.4, 0.5) is 15.9 Å². The van der Waals surface area contributed by atoms with Gasteiger partial charge in [-0.25, -0.2) is 14.4 Å². The highest BCUT2D eigenvalue weighted by Gasteiger charge is 2.25. The van der Waals surface area contributed by atoms with Gasteiger partial charge in [-0.3, -0.25) is 14.9 Å². The zero-order chi connectivity index (χ0) is 22.7. The van der Waals surface area contributed by atoms with Crippen molar-refractivity contribution in [2.24, 2.45) is 5.10 Å². The predicted octanol–water partition coefficient (Wildman–Crippen LogP) is 1.71. The Kier molecular flexibility index (Phi) is 5.31. The van der Waals surface area contributed by atoms with Gasteiger partial charge in [-0.05, 0) is 40.1 Å². The standard InChI is InChI=1S/C18H12FN9O4/c19-12-5-1-10(2-6-12)9-21-23-18(29)14-15(11-3-7-13(8-4-11)28(30)31)27(26-22-14)17-16(20)24-32-25-17/h1-9H,(H2,20,24)(H,23,29)/b21-9+. The van der Waals surface area contributed by atoms with Crippen LogP contribution in [0.5, 0.6) is 0 Å². The maximum Gasteiger partial charge on any atom is 0.294 e. The van der Waals surface area contributed by atoms with Crippen LogP contribution < -0.4 is 11.2 Å². The molecule has 0 saturated carbocycles. The summed E-state index contributed by atoms with van der Waals surface area (Å²) in [5.74, 6) is -1.28. The molecule has 0 atom stereocenters. The Morgan fingerprint density at radius 2 is 1.91 bits per heavy atom. The smallest absolute Gasteiger partial charge is 0.294 e. The average molecular weight is 437 g/mol. The van der Waals surface area contributed by atoms with E-state index in [1.54, 1.807) is 0 Å². The number of nitro groups is 1. The minimum absolute atomic E-state index is 0.0280. The molecule has 4 aromatic rings. The van der Waals surface area contributed by atoms with Crippen molar-refractivity contribution in [1.29, 1.82) is 0 Å². The zero-order valence-corrected chi connectivity index (χ0v) is 15.9. The number of hydrazone groups is 1. The number of non-ortho nitro benzene ring substituents is 1. The number of nitro benzene ring substituents is 1. The van der Waals surface area contributed by atoms with E-state index in [2.05, 4.69) is 35.8 Å². The first-order valence-electron chi connectivity index (χ1n) is 8.82. The number of aromatic nitrogens is 5. The number of carbonyl (C=O) groups excluding carboxylic acids is 1. The number of benzene rings is 2. The normalized spacial score (nSPS) is 11.0. The van der Waals surface area contributed by atoms with Crippen molar-refractivity contribution in [2.45, 2.75) is 0 Å². The van der Waals surface area contributed by atoms with Gasteiger partial charge in [0.25, 0.3) is 11.6 Å². The molecule has 0 fully saturated rings. The molecule has 0 spiro atoms. The summed E-state index contributed by atoms with van der Waals surface area (Å²) in [6.07, 6.45) is 1.31. The van der Waals surface area contributed by atoms with Crippen LogP contribution in [-0.4, -0.2) is 42.4 Å². The van der Waals surface area contributed by atoms with E-state index in [0.717, 1.165) is 4.68 Å². The van der Waals surface area contributed by atoms with Crippen LogP contribution in [0.1, 0.15) is 16.1 Å². The Bertz CT molecular complexity index is 1310. The Labute approximate surface area is 177 Å². The molecular formula is C18H12FN9O4. The Hall–Kier alpha value is -5.01. The Balaban J connectivity index is 1.69. The SMILES string of the molecule is Nc1nonc1-n1nnc(C(=O)N/N=C/c2ccc(F)cc2)c1-c1ccc([N+](=O)[O-])cc1. The summed E-state index contributed by atoms with van der Waals surface area (Å²) in [7, 11) is 0. The first-order chi connectivity index (χ1) is 15.4. The number of hydrogen-bond acceptors (Lipinski definition) is 10. The first kappa shape index (κ1) is 20.3. The molecule has 0 saturated heterocycles. The largest absolute Gasteiger partial charge is 0.378 e. The van der Waals surface area contributed by atoms with Gasteiger partial charge < -0.3 is 5.73 Å². The second kappa shape index (κ2) is 8.39. The van der Waals surface area contributed by atoms with Crippen LogP contribution in [0, 0.1) is 15.9 Å². The van der Waals surface area contributed by atoms with E-state index in [-0.39, 0.29) is 28.7 Å². The first-order valence-corrected chi connectivity index (χ1v) is 8.82. The second-order valence-corrected chi connectivity index (χ2v) is 6.23. The summed E-state index contributed by atoms with van der Waals surface area (Å²) in [6, 6.07) is 10.8. The molecule has 0 aliphatic heterocycles. The van der Waals surface area contributed by atoms with Crippen LogP contribution in [0.15, 0.2) is 58.3 Å². The number of nitrogens with zero attached hydrogens (tertiary/aromatic N) is 7. The molecule has 32 heavy (non-hydrogen) atoms. The molecule has 2 heterocycles. The molecule has 0 unspecified atom stereocenters. The summed E-state index contributed by atoms with van der Waals surface area (Å²) >= 11 is 0. The highest BCUT2D eigenvalue weighted by molar-refractivity contribution is 5.98. The number of amides is 1. The summed E-state index contributed by atoms with van der Waals surface area (Å²) < 4.78 is 18.7. The maximum absolute atomic E-state index is 13.0. The monoisotopic (exact) mass is 437 g/mol. The number of nitrogens with one attached hydrogen (secondary N) is 1. The Morgan fingerprint density at radius 1 is 1.19 bits per heavy atom. The van der Waals surface area contributed by atoms with E-state index in [1.807, 2.05) is 0 Å². The average Bonchev–Trinajstić information content (AvgIpc) is 3.41. The number of hydrogen-bond donors (Lipinski definition) is 2. The molecule has 1 amide bonds. The molecule has 3 N–H and O–H groups in total. The fourth-order valence-corrected chi connectivity index (χ4v) is 2.69. The van der Waals surface area contributed by atoms with Gasteiger partial charge in [0.2, 0.25) is 11.6 Å². The van der Waals surface area contributed by atoms with Crippen LogP contribution in [0.2, 0.25) is 0 Å². The van der Waals surface area contributed by atoms with E-state index < -0.39 is 16.6 Å². The van der Waals surface area contributed by atoms with Crippen molar-refractivity contribution in [3.63, 3.8) is 0 Å².